The third kappa shape index (κ3) is 4.73. The second kappa shape index (κ2) is 5.63. The summed E-state index contributed by atoms with van der Waals surface area (Å²) in [5, 5.41) is -0.250. The van der Waals surface area contributed by atoms with Crippen LogP contribution in [-0.2, 0) is 18.4 Å². The summed E-state index contributed by atoms with van der Waals surface area (Å²) in [5.41, 5.74) is 0. The molecule has 20 heavy (non-hydrogen) atoms. The van der Waals surface area contributed by atoms with E-state index in [0.29, 0.717) is 0 Å². The highest BCUT2D eigenvalue weighted by Gasteiger charge is 2.45. The van der Waals surface area contributed by atoms with Gasteiger partial charge in [0.05, 0.1) is 0 Å². The van der Waals surface area contributed by atoms with Gasteiger partial charge in [-0.1, -0.05) is 41.5 Å². The monoisotopic (exact) mass is 318 g/mol. The van der Waals surface area contributed by atoms with E-state index in [9.17, 15) is 9.59 Å². The van der Waals surface area contributed by atoms with Gasteiger partial charge in [-0.2, -0.15) is 0 Å². The summed E-state index contributed by atoms with van der Waals surface area (Å²) >= 11 is 0. The smallest absolute Gasteiger partial charge is 0.402 e. The lowest BCUT2D eigenvalue weighted by Gasteiger charge is -2.37. The summed E-state index contributed by atoms with van der Waals surface area (Å²) in [6, 6.07) is 0. The van der Waals surface area contributed by atoms with Crippen LogP contribution >= 0.6 is 0 Å². The minimum absolute atomic E-state index is 0.125. The van der Waals surface area contributed by atoms with E-state index in [1.54, 1.807) is 0 Å². The maximum Gasteiger partial charge on any atom is 0.402 e. The van der Waals surface area contributed by atoms with Gasteiger partial charge in [0.15, 0.2) is 0 Å². The predicted octanol–water partition coefficient (Wildman–Crippen LogP) is 4.08. The molecule has 0 unspecified atom stereocenters. The van der Waals surface area contributed by atoms with E-state index in [4.69, 9.17) is 8.85 Å². The van der Waals surface area contributed by atoms with Crippen LogP contribution in [0.3, 0.4) is 0 Å². The second-order valence-electron chi connectivity index (χ2n) is 8.30. The van der Waals surface area contributed by atoms with Gasteiger partial charge in [0.1, 0.15) is 0 Å². The van der Waals surface area contributed by atoms with Crippen molar-refractivity contribution >= 4 is 28.6 Å². The first-order valence-electron chi connectivity index (χ1n) is 6.97. The molecule has 0 saturated heterocycles. The molecule has 0 aliphatic heterocycles. The van der Waals surface area contributed by atoms with E-state index in [0.717, 1.165) is 0 Å². The third-order valence-corrected chi connectivity index (χ3v) is 13.1. The Bertz CT molecular complexity index is 349. The minimum Gasteiger partial charge on any atom is -0.511 e. The Balaban J connectivity index is 4.88. The molecule has 4 nitrogen and oxygen atoms in total. The average Bonchev–Trinajstić information content (AvgIpc) is 2.12. The van der Waals surface area contributed by atoms with Gasteiger partial charge in [0, 0.05) is 0 Å². The first kappa shape index (κ1) is 19.4. The van der Waals surface area contributed by atoms with Crippen molar-refractivity contribution in [3.05, 3.63) is 0 Å². The maximum atomic E-state index is 12.0. The Morgan fingerprint density at radius 2 is 0.850 bits per heavy atom. The Hall–Kier alpha value is -0.626. The zero-order chi connectivity index (χ0) is 16.6. The average molecular weight is 319 g/mol. The lowest BCUT2D eigenvalue weighted by atomic mass is 10.2. The molecule has 0 saturated carbocycles. The van der Waals surface area contributed by atoms with Gasteiger partial charge in [-0.05, 0) is 36.3 Å². The zero-order valence-corrected chi connectivity index (χ0v) is 16.6. The molecular weight excluding hydrogens is 288 g/mol. The van der Waals surface area contributed by atoms with Crippen molar-refractivity contribution in [2.75, 3.05) is 0 Å². The van der Waals surface area contributed by atoms with E-state index in [1.165, 1.54) is 0 Å². The largest absolute Gasteiger partial charge is 0.511 e. The van der Waals surface area contributed by atoms with Crippen molar-refractivity contribution < 1.29 is 18.4 Å². The summed E-state index contributed by atoms with van der Waals surface area (Å²) in [6.45, 7) is 19.9. The molecular formula is C14H30O4Si2. The van der Waals surface area contributed by atoms with Crippen molar-refractivity contribution in [2.24, 2.45) is 0 Å². The van der Waals surface area contributed by atoms with Gasteiger partial charge >= 0.3 is 11.9 Å². The lowest BCUT2D eigenvalue weighted by molar-refractivity contribution is -0.157. The number of carbonyl (C=O) groups is 2. The molecule has 0 radical (unpaired) electrons. The van der Waals surface area contributed by atoms with Gasteiger partial charge in [-0.3, -0.25) is 0 Å². The molecule has 0 rings (SSSR count). The molecule has 6 heteroatoms. The first-order chi connectivity index (χ1) is 8.51. The molecule has 0 aromatic rings. The highest BCUT2D eigenvalue weighted by molar-refractivity contribution is 6.78. The normalized spacial score (nSPS) is 13.9. The molecule has 0 aliphatic rings. The Labute approximate surface area is 125 Å². The van der Waals surface area contributed by atoms with Crippen LogP contribution in [0.1, 0.15) is 41.5 Å². The molecule has 0 aromatic heterocycles. The van der Waals surface area contributed by atoms with Gasteiger partial charge < -0.3 is 8.85 Å². The fraction of sp³-hybridized carbons (Fsp3) is 0.857. The molecule has 0 bridgehead atoms. The molecule has 0 aromatic carbocycles. The van der Waals surface area contributed by atoms with Gasteiger partial charge in [-0.25, -0.2) is 9.59 Å². The molecule has 0 fully saturated rings. The molecule has 0 atom stereocenters. The minimum atomic E-state index is -2.29. The van der Waals surface area contributed by atoms with Crippen LogP contribution in [0, 0.1) is 0 Å². The predicted molar refractivity (Wildman–Crippen MR) is 86.6 cm³/mol. The maximum absolute atomic E-state index is 12.0. The quantitative estimate of drug-likeness (QED) is 0.568. The van der Waals surface area contributed by atoms with Gasteiger partial charge in [-0.15, -0.1) is 0 Å². The van der Waals surface area contributed by atoms with E-state index in [2.05, 4.69) is 0 Å². The van der Waals surface area contributed by atoms with E-state index in [-0.39, 0.29) is 10.1 Å². The van der Waals surface area contributed by atoms with Crippen molar-refractivity contribution in [3.8, 4) is 0 Å². The van der Waals surface area contributed by atoms with Crippen molar-refractivity contribution in [1.82, 2.24) is 0 Å². The Morgan fingerprint density at radius 1 is 0.650 bits per heavy atom. The highest BCUT2D eigenvalue weighted by Crippen LogP contribution is 2.38. The fourth-order valence-corrected chi connectivity index (χ4v) is 2.56. The van der Waals surface area contributed by atoms with Crippen LogP contribution in [0.15, 0.2) is 0 Å². The molecule has 0 spiro atoms. The number of hydrogen-bond donors (Lipinski definition) is 0. The lowest BCUT2D eigenvalue weighted by Crippen LogP contribution is -2.48. The molecule has 0 N–H and O–H groups in total. The van der Waals surface area contributed by atoms with Crippen molar-refractivity contribution in [2.45, 2.75) is 77.8 Å². The van der Waals surface area contributed by atoms with Crippen LogP contribution in [-0.4, -0.2) is 28.6 Å². The SMILES string of the molecule is CC(C)(C)[Si](C)(C)OC(=O)C(=O)O[Si](C)(C)C(C)(C)C. The van der Waals surface area contributed by atoms with Crippen LogP contribution in [0.25, 0.3) is 0 Å². The van der Waals surface area contributed by atoms with E-state index >= 15 is 0 Å². The fourth-order valence-electron chi connectivity index (χ4n) is 0.853. The van der Waals surface area contributed by atoms with Gasteiger partial charge in [0.25, 0.3) is 16.6 Å². The summed E-state index contributed by atoms with van der Waals surface area (Å²) < 4.78 is 10.9. The standard InChI is InChI=1S/C14H30O4Si2/c1-13(2,3)19(7,8)17-11(15)12(16)18-20(9,10)14(4,5)6/h1-10H3. The van der Waals surface area contributed by atoms with Crippen LogP contribution in [0.2, 0.25) is 36.3 Å². The molecule has 0 aliphatic carbocycles. The van der Waals surface area contributed by atoms with Crippen LogP contribution in [0.4, 0.5) is 0 Å². The Kier molecular flexibility index (Phi) is 5.46. The van der Waals surface area contributed by atoms with E-state index in [1.807, 2.05) is 67.7 Å². The number of carbonyl (C=O) groups excluding carboxylic acids is 2. The molecule has 118 valence electrons. The summed E-state index contributed by atoms with van der Waals surface area (Å²) in [5.74, 6) is -1.69. The second-order valence-corrected chi connectivity index (χ2v) is 17.7. The number of rotatable bonds is 2. The van der Waals surface area contributed by atoms with Crippen molar-refractivity contribution in [3.63, 3.8) is 0 Å². The topological polar surface area (TPSA) is 52.6 Å². The highest BCUT2D eigenvalue weighted by atomic mass is 28.4. The summed E-state index contributed by atoms with van der Waals surface area (Å²) in [4.78, 5) is 23.9. The molecule has 0 amide bonds. The zero-order valence-electron chi connectivity index (χ0n) is 14.6. The van der Waals surface area contributed by atoms with E-state index < -0.39 is 28.6 Å². The Morgan fingerprint density at radius 3 is 1.00 bits per heavy atom. The summed E-state index contributed by atoms with van der Waals surface area (Å²) in [7, 11) is -4.57. The van der Waals surface area contributed by atoms with Crippen LogP contribution in [0.5, 0.6) is 0 Å². The van der Waals surface area contributed by atoms with Crippen molar-refractivity contribution in [1.29, 1.82) is 0 Å². The first-order valence-corrected chi connectivity index (χ1v) is 12.8. The summed E-state index contributed by atoms with van der Waals surface area (Å²) in [6.07, 6.45) is 0. The molecule has 0 heterocycles. The van der Waals surface area contributed by atoms with Gasteiger partial charge in [0.2, 0.25) is 0 Å². The third-order valence-electron chi connectivity index (χ3n) is 4.47. The van der Waals surface area contributed by atoms with Crippen LogP contribution < -0.4 is 0 Å². The number of hydrogen-bond acceptors (Lipinski definition) is 4.